The van der Waals surface area contributed by atoms with E-state index in [0.29, 0.717) is 11.8 Å². The van der Waals surface area contributed by atoms with Crippen molar-refractivity contribution >= 4 is 35.3 Å². The van der Waals surface area contributed by atoms with E-state index in [1.54, 1.807) is 0 Å². The third kappa shape index (κ3) is 5.69. The van der Waals surface area contributed by atoms with Gasteiger partial charge in [0.2, 0.25) is 0 Å². The fraction of sp³-hybridized carbons (Fsp3) is 0.391. The van der Waals surface area contributed by atoms with Gasteiger partial charge in [-0.15, -0.1) is 0 Å². The Morgan fingerprint density at radius 2 is 0.940 bits per heavy atom. The Labute approximate surface area is 312 Å². The van der Waals surface area contributed by atoms with Gasteiger partial charge >= 0.3 is 315 Å². The van der Waals surface area contributed by atoms with Crippen LogP contribution in [0.4, 0.5) is 0 Å². The van der Waals surface area contributed by atoms with E-state index in [-0.39, 0.29) is 7.35 Å². The number of allylic oxidation sites excluding steroid dienone is 2. The predicted molar refractivity (Wildman–Crippen MR) is 223 cm³/mol. The molecule has 4 aromatic carbocycles. The van der Waals surface area contributed by atoms with E-state index in [2.05, 4.69) is 155 Å². The Kier molecular flexibility index (Phi) is 10.4. The molecule has 0 saturated carbocycles. The second kappa shape index (κ2) is 13.8. The molecule has 2 aliphatic carbocycles. The maximum atomic E-state index is 8.91. The maximum absolute atomic E-state index is 8.91. The van der Waals surface area contributed by atoms with Gasteiger partial charge in [0.1, 0.15) is 0 Å². The number of aryl methyl sites for hydroxylation is 2. The summed E-state index contributed by atoms with van der Waals surface area (Å²) in [5.74, 6) is -0.897. The van der Waals surface area contributed by atoms with E-state index in [0.717, 1.165) is 12.8 Å². The van der Waals surface area contributed by atoms with Crippen LogP contribution in [-0.4, -0.2) is 5.98 Å². The van der Waals surface area contributed by atoms with Gasteiger partial charge in [-0.25, -0.2) is 0 Å². The molecule has 4 aromatic rings. The number of fused-ring (bicyclic) bond motifs is 2. The number of rotatable bonds is 9. The molecule has 50 heavy (non-hydrogen) atoms. The van der Waals surface area contributed by atoms with Gasteiger partial charge in [0.15, 0.2) is 0 Å². The molecule has 4 heteroatoms. The molecule has 0 aliphatic heterocycles. The van der Waals surface area contributed by atoms with Crippen LogP contribution >= 0.6 is 17.2 Å². The first kappa shape index (κ1) is 37.8. The van der Waals surface area contributed by atoms with Crippen molar-refractivity contribution in [2.24, 2.45) is 11.8 Å². The molecule has 6 rings (SSSR count). The van der Waals surface area contributed by atoms with Gasteiger partial charge in [0.05, 0.1) is 0 Å². The normalized spacial score (nSPS) is 19.1. The summed E-state index contributed by atoms with van der Waals surface area (Å²) in [6, 6.07) is 23.2. The van der Waals surface area contributed by atoms with Crippen LogP contribution in [0, 0.1) is 53.4 Å². The third-order valence-electron chi connectivity index (χ3n) is 13.5. The quantitative estimate of drug-likeness (QED) is 0.147. The second-order valence-electron chi connectivity index (χ2n) is 16.1. The van der Waals surface area contributed by atoms with Crippen molar-refractivity contribution < 1.29 is 15.3 Å². The Morgan fingerprint density at radius 3 is 1.28 bits per heavy atom. The first-order chi connectivity index (χ1) is 23.6. The molecule has 0 amide bonds. The minimum atomic E-state index is -5.12. The van der Waals surface area contributed by atoms with Crippen LogP contribution in [0.3, 0.4) is 0 Å². The van der Waals surface area contributed by atoms with E-state index >= 15 is 0 Å². The van der Waals surface area contributed by atoms with Gasteiger partial charge in [-0.2, -0.15) is 0 Å². The van der Waals surface area contributed by atoms with E-state index < -0.39 is 21.3 Å². The first-order valence-corrected chi connectivity index (χ1v) is 41.1. The van der Waals surface area contributed by atoms with E-state index in [4.69, 9.17) is 17.2 Å². The van der Waals surface area contributed by atoms with Crippen molar-refractivity contribution in [1.29, 1.82) is 0 Å². The molecule has 0 aromatic heterocycles. The Bertz CT molecular complexity index is 1920. The van der Waals surface area contributed by atoms with Crippen molar-refractivity contribution in [3.63, 3.8) is 0 Å². The summed E-state index contributed by atoms with van der Waals surface area (Å²) in [7, 11) is 17.8. The summed E-state index contributed by atoms with van der Waals surface area (Å²) in [6.45, 7) is 28.0. The molecule has 0 heterocycles. The van der Waals surface area contributed by atoms with Crippen molar-refractivity contribution in [2.45, 2.75) is 103 Å². The van der Waals surface area contributed by atoms with Crippen LogP contribution in [0.15, 0.2) is 71.8 Å². The van der Waals surface area contributed by atoms with Gasteiger partial charge < -0.3 is 0 Å². The van der Waals surface area contributed by atoms with Gasteiger partial charge in [0.25, 0.3) is 0 Å². The summed E-state index contributed by atoms with van der Waals surface area (Å²) >= 11 is -5.12. The molecule has 0 bridgehead atoms. The van der Waals surface area contributed by atoms with Crippen LogP contribution in [0.5, 0.6) is 0 Å². The molecular weight excluding hydrogens is 830 g/mol. The monoisotopic (exact) mass is 887 g/mol. The van der Waals surface area contributed by atoms with Crippen LogP contribution in [-0.2, 0) is 15.3 Å². The van der Waals surface area contributed by atoms with Gasteiger partial charge in [0, 0.05) is 0 Å². The van der Waals surface area contributed by atoms with Crippen molar-refractivity contribution in [3.05, 3.63) is 127 Å². The Morgan fingerprint density at radius 1 is 0.560 bits per heavy atom. The van der Waals surface area contributed by atoms with Crippen molar-refractivity contribution in [3.8, 4) is 22.3 Å². The summed E-state index contributed by atoms with van der Waals surface area (Å²) in [5.41, 5.74) is 21.9. The molecule has 2 aliphatic rings. The molecule has 0 fully saturated rings. The first-order valence-electron chi connectivity index (χ1n) is 19.0. The summed E-state index contributed by atoms with van der Waals surface area (Å²) in [5, 5.41) is 0. The zero-order chi connectivity index (χ0) is 36.5. The van der Waals surface area contributed by atoms with Crippen LogP contribution < -0.4 is 0 Å². The van der Waals surface area contributed by atoms with Crippen LogP contribution in [0.1, 0.15) is 104 Å². The average molecular weight is 887 g/mol. The zero-order valence-corrected chi connectivity index (χ0v) is 38.7. The van der Waals surface area contributed by atoms with E-state index in [9.17, 15) is 0 Å². The summed E-state index contributed by atoms with van der Waals surface area (Å²) in [4.78, 5) is 0. The summed E-state index contributed by atoms with van der Waals surface area (Å²) in [6.07, 6.45) is 7.24. The molecule has 4 atom stereocenters. The molecular formula is C46H57Cl2HfSi. The van der Waals surface area contributed by atoms with Crippen LogP contribution in [0.25, 0.3) is 34.4 Å². The Hall–Kier alpha value is -1.97. The molecule has 0 spiro atoms. The number of hydrogen-bond donors (Lipinski definition) is 0. The predicted octanol–water partition coefficient (Wildman–Crippen LogP) is 14.5. The van der Waals surface area contributed by atoms with Crippen molar-refractivity contribution in [1.82, 2.24) is 0 Å². The standard InChI is InChI=1S/2C22H25.C2H7Si.2ClH.Hf/c2*1-6-14(2)19-12-18-8-7-9-21(22(18)13-19)20-11-10-15(3)16(4)17(20)5;1-3-2;;;/h2*7-14H,6H2,1-5H3;3H,1-2H3;2*1H;/q;;;;;+2/p-2. The number of benzene rings is 4. The molecule has 0 nitrogen and oxygen atoms in total. The summed E-state index contributed by atoms with van der Waals surface area (Å²) < 4.78 is 0.184. The fourth-order valence-corrected chi connectivity index (χ4v) is 53.5. The topological polar surface area (TPSA) is 0 Å². The van der Waals surface area contributed by atoms with Gasteiger partial charge in [-0.05, 0) is 0 Å². The van der Waals surface area contributed by atoms with Gasteiger partial charge in [-0.3, -0.25) is 0 Å². The van der Waals surface area contributed by atoms with Crippen molar-refractivity contribution in [2.75, 3.05) is 0 Å². The molecule has 0 radical (unpaired) electrons. The average Bonchev–Trinajstić information content (AvgIpc) is 3.70. The fourth-order valence-electron chi connectivity index (χ4n) is 9.21. The number of hydrogen-bond acceptors (Lipinski definition) is 0. The zero-order valence-electron chi connectivity index (χ0n) is 32.5. The Balaban J connectivity index is 1.65. The second-order valence-corrected chi connectivity index (χ2v) is 75.4. The van der Waals surface area contributed by atoms with Gasteiger partial charge in [-0.1, -0.05) is 0 Å². The van der Waals surface area contributed by atoms with E-state index in [1.807, 2.05) is 0 Å². The van der Waals surface area contributed by atoms with Crippen LogP contribution in [0.2, 0.25) is 13.1 Å². The SMILES string of the molecule is CCC(C)C1=Cc2c(-c3ccc(C)c(C)c3C)cccc2[CH]1[Hf]([Cl])([Cl])([CH]1C(C(C)CC)=Cc2c(-c3ccc(C)c(C)c3C)cccc21)[SiH](C)C. The molecule has 263 valence electrons. The molecule has 4 unspecified atom stereocenters. The molecule has 0 saturated heterocycles. The molecule has 0 N–H and O–H groups in total. The minimum absolute atomic E-state index is 0.0918. The number of halogens is 2. The third-order valence-corrected chi connectivity index (χ3v) is 86.0. The van der Waals surface area contributed by atoms with E-state index in [1.165, 1.54) is 89.0 Å².